The topological polar surface area (TPSA) is 55.6 Å². The van der Waals surface area contributed by atoms with Crippen LogP contribution in [0.25, 0.3) is 0 Å². The molecule has 1 unspecified atom stereocenters. The number of hydrogen-bond acceptors (Lipinski definition) is 3. The first-order valence-electron chi connectivity index (χ1n) is 7.76. The molecular weight excluding hydrogens is 240 g/mol. The van der Waals surface area contributed by atoms with Gasteiger partial charge in [0.1, 0.15) is 0 Å². The van der Waals surface area contributed by atoms with Crippen molar-refractivity contribution in [3.05, 3.63) is 0 Å². The van der Waals surface area contributed by atoms with E-state index in [9.17, 15) is 4.79 Å². The molecule has 1 heterocycles. The van der Waals surface area contributed by atoms with Crippen molar-refractivity contribution in [2.24, 2.45) is 17.6 Å². The monoisotopic (exact) mass is 270 g/mol. The van der Waals surface area contributed by atoms with E-state index in [0.29, 0.717) is 5.92 Å². The van der Waals surface area contributed by atoms with E-state index in [2.05, 4.69) is 13.8 Å². The molecular formula is C15H30N2O2. The van der Waals surface area contributed by atoms with Crippen molar-refractivity contribution in [2.45, 2.75) is 52.5 Å². The molecule has 0 spiro atoms. The zero-order chi connectivity index (χ0) is 14.3. The van der Waals surface area contributed by atoms with Crippen molar-refractivity contribution in [3.8, 4) is 0 Å². The number of amides is 1. The number of carbonyl (C=O) groups excluding carboxylic acids is 1. The summed E-state index contributed by atoms with van der Waals surface area (Å²) < 4.78 is 5.34. The number of likely N-dealkylation sites (N-methyl/N-ethyl adjacent to an activating group) is 1. The van der Waals surface area contributed by atoms with Crippen LogP contribution in [0.5, 0.6) is 0 Å². The minimum absolute atomic E-state index is 0.126. The average molecular weight is 270 g/mol. The fraction of sp³-hybridized carbons (Fsp3) is 0.933. The van der Waals surface area contributed by atoms with Crippen LogP contribution in [-0.2, 0) is 9.53 Å². The Kier molecular flexibility index (Phi) is 7.39. The van der Waals surface area contributed by atoms with Crippen LogP contribution in [0.1, 0.15) is 46.5 Å². The SMILES string of the molecule is CCC(CC)CN(CC)C(=O)C(N)C1CCOCC1. The standard InChI is InChI=1S/C15H30N2O2/c1-4-12(5-2)11-17(6-3)15(18)14(16)13-7-9-19-10-8-13/h12-14H,4-11,16H2,1-3H3. The van der Waals surface area contributed by atoms with Crippen molar-refractivity contribution in [1.29, 1.82) is 0 Å². The quantitative estimate of drug-likeness (QED) is 0.770. The highest BCUT2D eigenvalue weighted by molar-refractivity contribution is 5.82. The molecule has 1 aliphatic rings. The molecule has 19 heavy (non-hydrogen) atoms. The van der Waals surface area contributed by atoms with Gasteiger partial charge >= 0.3 is 0 Å². The average Bonchev–Trinajstić information content (AvgIpc) is 2.48. The first-order valence-corrected chi connectivity index (χ1v) is 7.76. The number of ether oxygens (including phenoxy) is 1. The van der Waals surface area contributed by atoms with E-state index in [-0.39, 0.29) is 17.9 Å². The molecule has 0 aliphatic carbocycles. The first kappa shape index (κ1) is 16.4. The van der Waals surface area contributed by atoms with Crippen LogP contribution in [-0.4, -0.2) is 43.2 Å². The molecule has 1 fully saturated rings. The van der Waals surface area contributed by atoms with Gasteiger partial charge in [-0.05, 0) is 31.6 Å². The van der Waals surface area contributed by atoms with E-state index in [1.54, 1.807) is 0 Å². The Hall–Kier alpha value is -0.610. The second-order valence-corrected chi connectivity index (χ2v) is 5.53. The smallest absolute Gasteiger partial charge is 0.239 e. The second kappa shape index (κ2) is 8.54. The third-order valence-electron chi connectivity index (χ3n) is 4.39. The summed E-state index contributed by atoms with van der Waals surface area (Å²) in [5, 5.41) is 0. The lowest BCUT2D eigenvalue weighted by molar-refractivity contribution is -0.135. The van der Waals surface area contributed by atoms with Crippen LogP contribution in [0.2, 0.25) is 0 Å². The molecule has 112 valence electrons. The summed E-state index contributed by atoms with van der Waals surface area (Å²) in [6.07, 6.45) is 4.06. The number of hydrogen-bond donors (Lipinski definition) is 1. The minimum atomic E-state index is -0.349. The number of nitrogens with zero attached hydrogens (tertiary/aromatic N) is 1. The van der Waals surface area contributed by atoms with E-state index in [1.165, 1.54) is 0 Å². The van der Waals surface area contributed by atoms with Gasteiger partial charge in [0.15, 0.2) is 0 Å². The van der Waals surface area contributed by atoms with Gasteiger partial charge < -0.3 is 15.4 Å². The lowest BCUT2D eigenvalue weighted by Crippen LogP contribution is -2.50. The maximum Gasteiger partial charge on any atom is 0.239 e. The van der Waals surface area contributed by atoms with Crippen molar-refractivity contribution >= 4 is 5.91 Å². The zero-order valence-corrected chi connectivity index (χ0v) is 12.7. The van der Waals surface area contributed by atoms with Crippen molar-refractivity contribution in [1.82, 2.24) is 4.90 Å². The van der Waals surface area contributed by atoms with Gasteiger partial charge in [-0.1, -0.05) is 26.7 Å². The molecule has 4 nitrogen and oxygen atoms in total. The molecule has 0 radical (unpaired) electrons. The van der Waals surface area contributed by atoms with E-state index in [4.69, 9.17) is 10.5 Å². The summed E-state index contributed by atoms with van der Waals surface area (Å²) >= 11 is 0. The molecule has 1 atom stereocenters. The molecule has 1 saturated heterocycles. The predicted octanol–water partition coefficient (Wildman–Crippen LogP) is 2.02. The Labute approximate surface area is 117 Å². The van der Waals surface area contributed by atoms with Gasteiger partial charge in [0.2, 0.25) is 5.91 Å². The van der Waals surface area contributed by atoms with Gasteiger partial charge in [-0.3, -0.25) is 4.79 Å². The first-order chi connectivity index (χ1) is 9.13. The van der Waals surface area contributed by atoms with Crippen LogP contribution < -0.4 is 5.73 Å². The van der Waals surface area contributed by atoms with E-state index >= 15 is 0 Å². The van der Waals surface area contributed by atoms with Gasteiger partial charge in [0.05, 0.1) is 6.04 Å². The molecule has 0 aromatic carbocycles. The Morgan fingerprint density at radius 2 is 1.84 bits per heavy atom. The molecule has 0 saturated carbocycles. The lowest BCUT2D eigenvalue weighted by atomic mass is 9.91. The summed E-state index contributed by atoms with van der Waals surface area (Å²) in [7, 11) is 0. The van der Waals surface area contributed by atoms with E-state index in [0.717, 1.165) is 52.0 Å². The van der Waals surface area contributed by atoms with Crippen LogP contribution in [0, 0.1) is 11.8 Å². The van der Waals surface area contributed by atoms with Crippen LogP contribution in [0.3, 0.4) is 0 Å². The molecule has 4 heteroatoms. The van der Waals surface area contributed by atoms with Crippen molar-refractivity contribution < 1.29 is 9.53 Å². The highest BCUT2D eigenvalue weighted by atomic mass is 16.5. The molecule has 1 amide bonds. The largest absolute Gasteiger partial charge is 0.381 e. The normalized spacial score (nSPS) is 18.6. The van der Waals surface area contributed by atoms with E-state index < -0.39 is 0 Å². The lowest BCUT2D eigenvalue weighted by Gasteiger charge is -2.32. The third-order valence-corrected chi connectivity index (χ3v) is 4.39. The van der Waals surface area contributed by atoms with Gasteiger partial charge in [0, 0.05) is 26.3 Å². The highest BCUT2D eigenvalue weighted by Crippen LogP contribution is 2.20. The summed E-state index contributed by atoms with van der Waals surface area (Å²) in [6, 6.07) is -0.349. The molecule has 0 bridgehead atoms. The van der Waals surface area contributed by atoms with Crippen molar-refractivity contribution in [3.63, 3.8) is 0 Å². The summed E-state index contributed by atoms with van der Waals surface area (Å²) in [5.74, 6) is 1.00. The van der Waals surface area contributed by atoms with E-state index in [1.807, 2.05) is 11.8 Å². The Bertz CT molecular complexity index is 261. The summed E-state index contributed by atoms with van der Waals surface area (Å²) in [4.78, 5) is 14.4. The van der Waals surface area contributed by atoms with Crippen LogP contribution >= 0.6 is 0 Å². The molecule has 0 aromatic rings. The number of rotatable bonds is 7. The Morgan fingerprint density at radius 3 is 2.32 bits per heavy atom. The molecule has 1 aliphatic heterocycles. The molecule has 2 N–H and O–H groups in total. The zero-order valence-electron chi connectivity index (χ0n) is 12.7. The highest BCUT2D eigenvalue weighted by Gasteiger charge is 2.29. The van der Waals surface area contributed by atoms with Gasteiger partial charge in [0.25, 0.3) is 0 Å². The third kappa shape index (κ3) is 4.77. The van der Waals surface area contributed by atoms with Gasteiger partial charge in [-0.15, -0.1) is 0 Å². The van der Waals surface area contributed by atoms with Crippen LogP contribution in [0.15, 0.2) is 0 Å². The fourth-order valence-electron chi connectivity index (χ4n) is 2.72. The summed E-state index contributed by atoms with van der Waals surface area (Å²) in [5.41, 5.74) is 6.18. The maximum atomic E-state index is 12.5. The Morgan fingerprint density at radius 1 is 1.26 bits per heavy atom. The maximum absolute atomic E-state index is 12.5. The Balaban J connectivity index is 2.55. The second-order valence-electron chi connectivity index (χ2n) is 5.53. The summed E-state index contributed by atoms with van der Waals surface area (Å²) in [6.45, 7) is 9.49. The van der Waals surface area contributed by atoms with Gasteiger partial charge in [-0.2, -0.15) is 0 Å². The fourth-order valence-corrected chi connectivity index (χ4v) is 2.72. The van der Waals surface area contributed by atoms with Gasteiger partial charge in [-0.25, -0.2) is 0 Å². The predicted molar refractivity (Wildman–Crippen MR) is 77.8 cm³/mol. The number of nitrogens with two attached hydrogens (primary N) is 1. The van der Waals surface area contributed by atoms with Crippen LogP contribution in [0.4, 0.5) is 0 Å². The molecule has 1 rings (SSSR count). The number of carbonyl (C=O) groups is 1. The van der Waals surface area contributed by atoms with Crippen molar-refractivity contribution in [2.75, 3.05) is 26.3 Å². The minimum Gasteiger partial charge on any atom is -0.381 e. The molecule has 0 aromatic heterocycles.